The molecule has 0 amide bonds. The number of hydrogen-bond acceptors (Lipinski definition) is 5. The van der Waals surface area contributed by atoms with Crippen molar-refractivity contribution in [3.63, 3.8) is 0 Å². The molecule has 0 spiro atoms. The van der Waals surface area contributed by atoms with Crippen LogP contribution in [0.5, 0.6) is 11.5 Å². The lowest BCUT2D eigenvalue weighted by Gasteiger charge is -2.11. The van der Waals surface area contributed by atoms with E-state index in [1.807, 2.05) is 0 Å². The van der Waals surface area contributed by atoms with Gasteiger partial charge in [0.1, 0.15) is 6.61 Å². The fourth-order valence-corrected chi connectivity index (χ4v) is 1.62. The number of rotatable bonds is 6. The Bertz CT molecular complexity index is 467. The molecular formula is C11H16O5S. The van der Waals surface area contributed by atoms with E-state index >= 15 is 0 Å². The standard InChI is InChI=1S/C11H16O5S/c1-15-10-4-3-9(8-12)7-11(10)16-5-6-17(2,13)14/h3-4,7,12H,5-6,8H2,1-2H3. The first-order valence-electron chi connectivity index (χ1n) is 5.04. The van der Waals surface area contributed by atoms with Crippen LogP contribution in [0.2, 0.25) is 0 Å². The first-order valence-corrected chi connectivity index (χ1v) is 7.10. The van der Waals surface area contributed by atoms with Gasteiger partial charge in [-0.3, -0.25) is 0 Å². The average Bonchev–Trinajstić information content (AvgIpc) is 2.27. The van der Waals surface area contributed by atoms with Crippen LogP contribution in [0.3, 0.4) is 0 Å². The van der Waals surface area contributed by atoms with E-state index in [0.29, 0.717) is 17.1 Å². The van der Waals surface area contributed by atoms with Crippen LogP contribution < -0.4 is 9.47 Å². The summed E-state index contributed by atoms with van der Waals surface area (Å²) in [7, 11) is -1.55. The lowest BCUT2D eigenvalue weighted by molar-refractivity contribution is 0.278. The first kappa shape index (κ1) is 13.8. The summed E-state index contributed by atoms with van der Waals surface area (Å²) in [5, 5.41) is 8.99. The molecule has 1 rings (SSSR count). The summed E-state index contributed by atoms with van der Waals surface area (Å²) >= 11 is 0. The number of hydrogen-bond donors (Lipinski definition) is 1. The van der Waals surface area contributed by atoms with Gasteiger partial charge < -0.3 is 14.6 Å². The van der Waals surface area contributed by atoms with Gasteiger partial charge in [-0.25, -0.2) is 8.42 Å². The Labute approximate surface area is 101 Å². The second-order valence-electron chi connectivity index (χ2n) is 3.62. The van der Waals surface area contributed by atoms with E-state index in [9.17, 15) is 8.42 Å². The van der Waals surface area contributed by atoms with Crippen molar-refractivity contribution in [1.29, 1.82) is 0 Å². The van der Waals surface area contributed by atoms with Crippen LogP contribution in [0.4, 0.5) is 0 Å². The van der Waals surface area contributed by atoms with Gasteiger partial charge in [-0.2, -0.15) is 0 Å². The Morgan fingerprint density at radius 3 is 2.53 bits per heavy atom. The summed E-state index contributed by atoms with van der Waals surface area (Å²) in [6.07, 6.45) is 1.15. The maximum absolute atomic E-state index is 10.9. The maximum Gasteiger partial charge on any atom is 0.161 e. The minimum Gasteiger partial charge on any atom is -0.493 e. The highest BCUT2D eigenvalue weighted by Gasteiger charge is 2.07. The number of methoxy groups -OCH3 is 1. The van der Waals surface area contributed by atoms with Gasteiger partial charge in [0.2, 0.25) is 0 Å². The molecule has 0 aliphatic heterocycles. The average molecular weight is 260 g/mol. The number of sulfone groups is 1. The summed E-state index contributed by atoms with van der Waals surface area (Å²) in [5.74, 6) is 0.887. The Hall–Kier alpha value is -1.27. The number of aliphatic hydroxyl groups excluding tert-OH is 1. The largest absolute Gasteiger partial charge is 0.493 e. The normalized spacial score (nSPS) is 11.2. The second kappa shape index (κ2) is 5.88. The van der Waals surface area contributed by atoms with Crippen LogP contribution in [0.25, 0.3) is 0 Å². The van der Waals surface area contributed by atoms with Gasteiger partial charge in [0.25, 0.3) is 0 Å². The van der Waals surface area contributed by atoms with E-state index in [1.54, 1.807) is 18.2 Å². The number of ether oxygens (including phenoxy) is 2. The molecule has 0 saturated heterocycles. The SMILES string of the molecule is COc1ccc(CO)cc1OCCS(C)(=O)=O. The summed E-state index contributed by atoms with van der Waals surface area (Å²) < 4.78 is 32.3. The molecule has 1 aromatic rings. The topological polar surface area (TPSA) is 72.8 Å². The van der Waals surface area contributed by atoms with Crippen LogP contribution in [0.15, 0.2) is 18.2 Å². The highest BCUT2D eigenvalue weighted by molar-refractivity contribution is 7.90. The van der Waals surface area contributed by atoms with E-state index in [2.05, 4.69) is 0 Å². The van der Waals surface area contributed by atoms with Crippen molar-refractivity contribution in [3.8, 4) is 11.5 Å². The zero-order chi connectivity index (χ0) is 12.9. The predicted molar refractivity (Wildman–Crippen MR) is 64.1 cm³/mol. The van der Waals surface area contributed by atoms with E-state index in [4.69, 9.17) is 14.6 Å². The molecule has 0 aromatic heterocycles. The van der Waals surface area contributed by atoms with Gasteiger partial charge in [-0.15, -0.1) is 0 Å². The van der Waals surface area contributed by atoms with Crippen molar-refractivity contribution in [2.24, 2.45) is 0 Å². The zero-order valence-electron chi connectivity index (χ0n) is 9.84. The van der Waals surface area contributed by atoms with E-state index in [0.717, 1.165) is 6.26 Å². The Morgan fingerprint density at radius 1 is 1.29 bits per heavy atom. The van der Waals surface area contributed by atoms with E-state index in [-0.39, 0.29) is 19.0 Å². The third kappa shape index (κ3) is 4.62. The third-order valence-corrected chi connectivity index (χ3v) is 3.03. The third-order valence-electron chi connectivity index (χ3n) is 2.12. The van der Waals surface area contributed by atoms with Crippen molar-refractivity contribution < 1.29 is 23.0 Å². The lowest BCUT2D eigenvalue weighted by Crippen LogP contribution is -2.12. The molecule has 0 saturated carbocycles. The van der Waals surface area contributed by atoms with Gasteiger partial charge >= 0.3 is 0 Å². The smallest absolute Gasteiger partial charge is 0.161 e. The fourth-order valence-electron chi connectivity index (χ4n) is 1.24. The van der Waals surface area contributed by atoms with E-state index < -0.39 is 9.84 Å². The summed E-state index contributed by atoms with van der Waals surface area (Å²) in [6, 6.07) is 5.00. The lowest BCUT2D eigenvalue weighted by atomic mass is 10.2. The van der Waals surface area contributed by atoms with Gasteiger partial charge in [0.15, 0.2) is 21.3 Å². The van der Waals surface area contributed by atoms with Crippen molar-refractivity contribution in [2.45, 2.75) is 6.61 Å². The molecule has 0 aliphatic rings. The molecular weight excluding hydrogens is 244 g/mol. The number of benzene rings is 1. The van der Waals surface area contributed by atoms with Crippen molar-refractivity contribution in [3.05, 3.63) is 23.8 Å². The van der Waals surface area contributed by atoms with Crippen LogP contribution in [-0.2, 0) is 16.4 Å². The Kier molecular flexibility index (Phi) is 4.77. The van der Waals surface area contributed by atoms with Crippen LogP contribution >= 0.6 is 0 Å². The van der Waals surface area contributed by atoms with E-state index in [1.165, 1.54) is 7.11 Å². The maximum atomic E-state index is 10.9. The number of aliphatic hydroxyl groups is 1. The minimum absolute atomic E-state index is 0.0560. The van der Waals surface area contributed by atoms with Crippen LogP contribution in [-0.4, -0.2) is 39.2 Å². The molecule has 0 bridgehead atoms. The molecule has 0 radical (unpaired) electrons. The molecule has 17 heavy (non-hydrogen) atoms. The van der Waals surface area contributed by atoms with Gasteiger partial charge in [-0.05, 0) is 17.7 Å². The Balaban J connectivity index is 2.74. The molecule has 1 N–H and O–H groups in total. The van der Waals surface area contributed by atoms with Crippen LogP contribution in [0.1, 0.15) is 5.56 Å². The van der Waals surface area contributed by atoms with Gasteiger partial charge in [0, 0.05) is 6.26 Å². The zero-order valence-corrected chi connectivity index (χ0v) is 10.7. The molecule has 0 fully saturated rings. The van der Waals surface area contributed by atoms with Gasteiger partial charge in [-0.1, -0.05) is 6.07 Å². The molecule has 0 unspecified atom stereocenters. The Morgan fingerprint density at radius 2 is 2.00 bits per heavy atom. The molecule has 0 heterocycles. The van der Waals surface area contributed by atoms with Crippen molar-refractivity contribution in [2.75, 3.05) is 25.7 Å². The van der Waals surface area contributed by atoms with Crippen molar-refractivity contribution >= 4 is 9.84 Å². The highest BCUT2D eigenvalue weighted by Crippen LogP contribution is 2.28. The second-order valence-corrected chi connectivity index (χ2v) is 5.88. The van der Waals surface area contributed by atoms with Gasteiger partial charge in [0.05, 0.1) is 19.5 Å². The van der Waals surface area contributed by atoms with Crippen LogP contribution in [0, 0.1) is 0 Å². The van der Waals surface area contributed by atoms with Crippen molar-refractivity contribution in [1.82, 2.24) is 0 Å². The monoisotopic (exact) mass is 260 g/mol. The molecule has 1 aromatic carbocycles. The highest BCUT2D eigenvalue weighted by atomic mass is 32.2. The summed E-state index contributed by atoms with van der Waals surface area (Å²) in [6.45, 7) is -0.0451. The fraction of sp³-hybridized carbons (Fsp3) is 0.455. The molecule has 0 atom stereocenters. The molecule has 0 aliphatic carbocycles. The minimum atomic E-state index is -3.04. The molecule has 6 heteroatoms. The molecule has 5 nitrogen and oxygen atoms in total. The molecule has 96 valence electrons. The summed E-state index contributed by atoms with van der Waals surface area (Å²) in [4.78, 5) is 0. The summed E-state index contributed by atoms with van der Waals surface area (Å²) in [5.41, 5.74) is 0.681. The first-order chi connectivity index (χ1) is 7.96. The predicted octanol–water partition coefficient (Wildman–Crippen LogP) is 0.611. The quantitative estimate of drug-likeness (QED) is 0.811.